The standard InChI is InChI=1S/C27H21N3O2S/c1-2-8-19-12-14-20(15-13-19)25(31)23(18-28)27-30(22-10-4-3-5-11-22)26(32)24(33-27)17-21-9-6-7-16-29-21/h3-7,9-17H,2,8H2,1H3/b24-17-,27-23-. The number of pyridine rings is 1. The van der Waals surface area contributed by atoms with Crippen LogP contribution in [0.2, 0.25) is 0 Å². The Labute approximate surface area is 195 Å². The monoisotopic (exact) mass is 451 g/mol. The van der Waals surface area contributed by atoms with Crippen LogP contribution in [-0.2, 0) is 6.42 Å². The van der Waals surface area contributed by atoms with Crippen LogP contribution in [0.15, 0.2) is 83.8 Å². The van der Waals surface area contributed by atoms with E-state index < -0.39 is 5.78 Å². The molecule has 0 atom stereocenters. The second kappa shape index (κ2) is 10.0. The summed E-state index contributed by atoms with van der Waals surface area (Å²) in [5.41, 5.74) is 2.40. The smallest absolute Gasteiger partial charge is 0.273 e. The molecule has 0 aliphatic carbocycles. The minimum atomic E-state index is -0.407. The van der Waals surface area contributed by atoms with E-state index >= 15 is 0 Å². The summed E-state index contributed by atoms with van der Waals surface area (Å²) < 4.78 is 2.13. The van der Waals surface area contributed by atoms with Crippen LogP contribution in [0.3, 0.4) is 0 Å². The van der Waals surface area contributed by atoms with Gasteiger partial charge in [0.2, 0.25) is 5.78 Å². The normalized spacial score (nSPS) is 12.3. The lowest BCUT2D eigenvalue weighted by Crippen LogP contribution is -2.31. The van der Waals surface area contributed by atoms with Crippen LogP contribution in [0.25, 0.3) is 17.3 Å². The Balaban J connectivity index is 1.96. The molecule has 0 bridgehead atoms. The maximum absolute atomic E-state index is 13.4. The molecule has 0 fully saturated rings. The summed E-state index contributed by atoms with van der Waals surface area (Å²) in [7, 11) is 0. The lowest BCUT2D eigenvalue weighted by molar-refractivity contribution is 0.105. The van der Waals surface area contributed by atoms with Crippen LogP contribution < -0.4 is 14.8 Å². The second-order valence-corrected chi connectivity index (χ2v) is 8.44. The van der Waals surface area contributed by atoms with Crippen LogP contribution in [0.4, 0.5) is 0 Å². The number of hydrogen-bond donors (Lipinski definition) is 0. The molecule has 0 unspecified atom stereocenters. The lowest BCUT2D eigenvalue weighted by atomic mass is 10.0. The first-order valence-corrected chi connectivity index (χ1v) is 11.4. The van der Waals surface area contributed by atoms with E-state index in [1.807, 2.05) is 36.4 Å². The largest absolute Gasteiger partial charge is 0.288 e. The molecule has 0 aliphatic rings. The molecule has 0 N–H and O–H groups in total. The lowest BCUT2D eigenvalue weighted by Gasteiger charge is -2.04. The summed E-state index contributed by atoms with van der Waals surface area (Å²) >= 11 is 1.12. The van der Waals surface area contributed by atoms with Gasteiger partial charge in [-0.25, -0.2) is 0 Å². The predicted octanol–water partition coefficient (Wildman–Crippen LogP) is 3.63. The molecular weight excluding hydrogens is 430 g/mol. The first-order valence-electron chi connectivity index (χ1n) is 10.6. The molecule has 0 saturated heterocycles. The second-order valence-electron chi connectivity index (χ2n) is 7.41. The number of para-hydroxylation sites is 1. The fourth-order valence-electron chi connectivity index (χ4n) is 3.51. The molecular formula is C27H21N3O2S. The van der Waals surface area contributed by atoms with Crippen molar-refractivity contribution >= 4 is 28.8 Å². The van der Waals surface area contributed by atoms with E-state index in [9.17, 15) is 14.9 Å². The minimum Gasteiger partial charge on any atom is -0.288 e. The summed E-state index contributed by atoms with van der Waals surface area (Å²) in [6.45, 7) is 2.10. The number of ketones is 1. The summed E-state index contributed by atoms with van der Waals surface area (Å²) in [4.78, 5) is 31.0. The molecule has 4 rings (SSSR count). The number of hydrogen-bond acceptors (Lipinski definition) is 5. The number of aryl methyl sites for hydroxylation is 1. The van der Waals surface area contributed by atoms with Gasteiger partial charge in [-0.1, -0.05) is 61.9 Å². The Kier molecular flexibility index (Phi) is 6.72. The molecule has 0 aliphatic heterocycles. The van der Waals surface area contributed by atoms with Gasteiger partial charge in [-0.3, -0.25) is 19.1 Å². The van der Waals surface area contributed by atoms with Crippen molar-refractivity contribution in [1.82, 2.24) is 9.55 Å². The molecule has 6 heteroatoms. The Bertz CT molecular complexity index is 1490. The number of benzene rings is 2. The van der Waals surface area contributed by atoms with E-state index in [2.05, 4.69) is 18.0 Å². The Hall–Kier alpha value is -4.08. The highest BCUT2D eigenvalue weighted by Crippen LogP contribution is 2.12. The Morgan fingerprint density at radius 2 is 1.79 bits per heavy atom. The van der Waals surface area contributed by atoms with Crippen molar-refractivity contribution in [2.45, 2.75) is 19.8 Å². The Morgan fingerprint density at radius 1 is 1.06 bits per heavy atom. The average Bonchev–Trinajstić information content (AvgIpc) is 3.16. The van der Waals surface area contributed by atoms with Crippen molar-refractivity contribution in [1.29, 1.82) is 5.26 Å². The van der Waals surface area contributed by atoms with Gasteiger partial charge in [0.15, 0.2) is 0 Å². The summed E-state index contributed by atoms with van der Waals surface area (Å²) in [5, 5.41) is 9.97. The number of nitriles is 1. The number of rotatable bonds is 6. The number of nitrogens with zero attached hydrogens (tertiary/aromatic N) is 3. The van der Waals surface area contributed by atoms with E-state index in [1.54, 1.807) is 48.7 Å². The molecule has 4 aromatic rings. The molecule has 2 heterocycles. The van der Waals surface area contributed by atoms with Crippen LogP contribution in [0.1, 0.15) is 35.0 Å². The van der Waals surface area contributed by atoms with Gasteiger partial charge in [0.1, 0.15) is 16.3 Å². The van der Waals surface area contributed by atoms with Gasteiger partial charge in [-0.15, -0.1) is 11.3 Å². The van der Waals surface area contributed by atoms with Crippen molar-refractivity contribution in [3.8, 4) is 11.8 Å². The van der Waals surface area contributed by atoms with Gasteiger partial charge >= 0.3 is 0 Å². The third-order valence-electron chi connectivity index (χ3n) is 5.11. The molecule has 0 spiro atoms. The van der Waals surface area contributed by atoms with E-state index in [0.717, 1.165) is 29.7 Å². The first kappa shape index (κ1) is 22.1. The highest BCUT2D eigenvalue weighted by molar-refractivity contribution is 7.07. The zero-order chi connectivity index (χ0) is 23.2. The minimum absolute atomic E-state index is 0.0649. The summed E-state index contributed by atoms with van der Waals surface area (Å²) in [6, 6.07) is 23.8. The molecule has 162 valence electrons. The van der Waals surface area contributed by atoms with Gasteiger partial charge in [0.05, 0.1) is 15.9 Å². The third-order valence-corrected chi connectivity index (χ3v) is 6.20. The molecule has 0 amide bonds. The van der Waals surface area contributed by atoms with Crippen molar-refractivity contribution in [3.63, 3.8) is 0 Å². The third kappa shape index (κ3) is 4.74. The molecule has 0 radical (unpaired) electrons. The van der Waals surface area contributed by atoms with Gasteiger partial charge in [-0.05, 0) is 42.3 Å². The quantitative estimate of drug-likeness (QED) is 0.420. The highest BCUT2D eigenvalue weighted by atomic mass is 32.1. The summed E-state index contributed by atoms with van der Waals surface area (Å²) in [5.74, 6) is -0.407. The van der Waals surface area contributed by atoms with Crippen molar-refractivity contribution in [3.05, 3.63) is 115 Å². The van der Waals surface area contributed by atoms with E-state index in [-0.39, 0.29) is 11.1 Å². The van der Waals surface area contributed by atoms with E-state index in [1.165, 1.54) is 4.57 Å². The van der Waals surface area contributed by atoms with Crippen LogP contribution >= 0.6 is 11.3 Å². The van der Waals surface area contributed by atoms with Crippen molar-refractivity contribution in [2.75, 3.05) is 0 Å². The number of carbonyl (C=O) groups excluding carboxylic acids is 1. The van der Waals surface area contributed by atoms with Gasteiger partial charge in [-0.2, -0.15) is 5.26 Å². The molecule has 2 aromatic carbocycles. The van der Waals surface area contributed by atoms with Crippen LogP contribution in [-0.4, -0.2) is 15.3 Å². The molecule has 0 saturated carbocycles. The highest BCUT2D eigenvalue weighted by Gasteiger charge is 2.18. The number of carbonyl (C=O) groups is 1. The zero-order valence-corrected chi connectivity index (χ0v) is 18.9. The van der Waals surface area contributed by atoms with Crippen molar-refractivity contribution in [2.24, 2.45) is 0 Å². The first-order chi connectivity index (χ1) is 16.1. The zero-order valence-electron chi connectivity index (χ0n) is 18.1. The molecule has 5 nitrogen and oxygen atoms in total. The molecule has 2 aromatic heterocycles. The molecule has 33 heavy (non-hydrogen) atoms. The van der Waals surface area contributed by atoms with E-state index in [4.69, 9.17) is 0 Å². The number of thiazole rings is 1. The predicted molar refractivity (Wildman–Crippen MR) is 131 cm³/mol. The average molecular weight is 452 g/mol. The van der Waals surface area contributed by atoms with Gasteiger partial charge in [0, 0.05) is 11.8 Å². The topological polar surface area (TPSA) is 75.8 Å². The maximum Gasteiger partial charge on any atom is 0.273 e. The van der Waals surface area contributed by atoms with Crippen LogP contribution in [0.5, 0.6) is 0 Å². The van der Waals surface area contributed by atoms with Gasteiger partial charge in [0.25, 0.3) is 5.56 Å². The summed E-state index contributed by atoms with van der Waals surface area (Å²) in [6.07, 6.45) is 5.26. The maximum atomic E-state index is 13.4. The fourth-order valence-corrected chi connectivity index (χ4v) is 4.60. The Morgan fingerprint density at radius 3 is 2.42 bits per heavy atom. The van der Waals surface area contributed by atoms with E-state index in [0.29, 0.717) is 26.1 Å². The SMILES string of the molecule is CCCc1ccc(C(=O)/C(C#N)=c2\s/c(=C\c3ccccn3)c(=O)n2-c2ccccc2)cc1. The van der Waals surface area contributed by atoms with Crippen molar-refractivity contribution < 1.29 is 4.79 Å². The van der Waals surface area contributed by atoms with Crippen LogP contribution in [0, 0.1) is 11.3 Å². The fraction of sp³-hybridized carbons (Fsp3) is 0.111. The number of Topliss-reactive ketones (excluding diaryl/α,β-unsaturated/α-hetero) is 1. The van der Waals surface area contributed by atoms with Gasteiger partial charge < -0.3 is 0 Å². The number of aromatic nitrogens is 2.